The average Bonchev–Trinajstić information content (AvgIpc) is 2.98. The van der Waals surface area contributed by atoms with Crippen LogP contribution in [0.3, 0.4) is 0 Å². The Hall–Kier alpha value is -2.93. The van der Waals surface area contributed by atoms with Gasteiger partial charge in [0.05, 0.1) is 23.4 Å². The van der Waals surface area contributed by atoms with E-state index in [1.807, 2.05) is 0 Å². The van der Waals surface area contributed by atoms with Crippen LogP contribution in [0, 0.1) is 11.7 Å². The minimum Gasteiger partial charge on any atom is -0.465 e. The fourth-order valence-corrected chi connectivity index (χ4v) is 3.50. The lowest BCUT2D eigenvalue weighted by molar-refractivity contribution is -0.135. The van der Waals surface area contributed by atoms with Gasteiger partial charge in [0.15, 0.2) is 0 Å². The highest BCUT2D eigenvalue weighted by atomic mass is 35.5. The quantitative estimate of drug-likeness (QED) is 0.627. The molecule has 0 spiro atoms. The van der Waals surface area contributed by atoms with Gasteiger partial charge in [0.25, 0.3) is 0 Å². The maximum absolute atomic E-state index is 13.9. The van der Waals surface area contributed by atoms with Crippen LogP contribution in [0.4, 0.5) is 10.1 Å². The third-order valence-electron chi connectivity index (χ3n) is 4.75. The van der Waals surface area contributed by atoms with Gasteiger partial charge >= 0.3 is 5.97 Å². The highest BCUT2D eigenvalue weighted by Crippen LogP contribution is 2.35. The van der Waals surface area contributed by atoms with Crippen LogP contribution in [0.5, 0.6) is 0 Å². The number of amides is 2. The third-order valence-corrected chi connectivity index (χ3v) is 5.08. The van der Waals surface area contributed by atoms with E-state index in [0.717, 1.165) is 0 Å². The minimum atomic E-state index is -1.06. The second-order valence-corrected chi connectivity index (χ2v) is 6.91. The fraction of sp³-hybridized carbons (Fsp3) is 0.250. The normalized spacial score (nSPS) is 18.9. The van der Waals surface area contributed by atoms with Crippen molar-refractivity contribution in [1.29, 1.82) is 0 Å². The van der Waals surface area contributed by atoms with E-state index >= 15 is 0 Å². The molecule has 6 nitrogen and oxygen atoms in total. The summed E-state index contributed by atoms with van der Waals surface area (Å²) in [7, 11) is 2.83. The molecule has 3 rings (SSSR count). The van der Waals surface area contributed by atoms with Crippen molar-refractivity contribution < 1.29 is 23.5 Å². The van der Waals surface area contributed by atoms with Crippen LogP contribution < -0.4 is 5.32 Å². The summed E-state index contributed by atoms with van der Waals surface area (Å²) in [5.41, 5.74) is 0.744. The summed E-state index contributed by atoms with van der Waals surface area (Å²) in [6, 6.07) is 10.4. The molecular formula is C20H18ClFN2O4. The molecule has 1 aliphatic rings. The molecule has 2 aromatic carbocycles. The maximum Gasteiger partial charge on any atom is 0.339 e. The second-order valence-electron chi connectivity index (χ2n) is 6.50. The van der Waals surface area contributed by atoms with Crippen molar-refractivity contribution in [1.82, 2.24) is 4.90 Å². The second kappa shape index (κ2) is 7.98. The van der Waals surface area contributed by atoms with Gasteiger partial charge in [-0.25, -0.2) is 9.18 Å². The number of ether oxygens (including phenoxy) is 1. The molecule has 0 radical (unpaired) electrons. The van der Waals surface area contributed by atoms with Gasteiger partial charge in [0, 0.05) is 19.5 Å². The summed E-state index contributed by atoms with van der Waals surface area (Å²) < 4.78 is 18.6. The number of esters is 1. The van der Waals surface area contributed by atoms with E-state index in [1.165, 1.54) is 42.3 Å². The summed E-state index contributed by atoms with van der Waals surface area (Å²) >= 11 is 6.06. The largest absolute Gasteiger partial charge is 0.465 e. The molecule has 0 aliphatic carbocycles. The van der Waals surface area contributed by atoms with Gasteiger partial charge in [-0.15, -0.1) is 0 Å². The Bertz CT molecular complexity index is 950. The Morgan fingerprint density at radius 3 is 2.64 bits per heavy atom. The molecule has 2 aromatic rings. The van der Waals surface area contributed by atoms with Crippen molar-refractivity contribution >= 4 is 35.1 Å². The maximum atomic E-state index is 13.9. The summed E-state index contributed by atoms with van der Waals surface area (Å²) in [5, 5.41) is 2.69. The number of hydrogen-bond donors (Lipinski definition) is 1. The molecule has 0 aromatic heterocycles. The van der Waals surface area contributed by atoms with Crippen LogP contribution in [0.1, 0.15) is 21.8 Å². The number of halogens is 2. The lowest BCUT2D eigenvalue weighted by Gasteiger charge is -2.18. The van der Waals surface area contributed by atoms with E-state index in [1.54, 1.807) is 19.2 Å². The Kier molecular flexibility index (Phi) is 5.65. The SMILES string of the molecule is COC(=O)c1cc([C@H]2CN(C)C(=O)[C@@H]2C(=O)Nc2ccccc2F)ccc1Cl. The zero-order valence-electron chi connectivity index (χ0n) is 15.2. The Balaban J connectivity index is 1.94. The number of nitrogens with zero attached hydrogens (tertiary/aromatic N) is 1. The van der Waals surface area contributed by atoms with Crippen molar-refractivity contribution in [3.8, 4) is 0 Å². The van der Waals surface area contributed by atoms with Gasteiger partial charge in [-0.3, -0.25) is 9.59 Å². The number of likely N-dealkylation sites (N-methyl/N-ethyl adjacent to an activating group) is 1. The molecule has 8 heteroatoms. The average molecular weight is 405 g/mol. The molecule has 146 valence electrons. The van der Waals surface area contributed by atoms with Gasteiger partial charge in [-0.1, -0.05) is 29.8 Å². The first-order chi connectivity index (χ1) is 13.3. The topological polar surface area (TPSA) is 75.7 Å². The number of rotatable bonds is 4. The molecule has 1 aliphatic heterocycles. The van der Waals surface area contributed by atoms with E-state index in [9.17, 15) is 18.8 Å². The number of nitrogens with one attached hydrogen (secondary N) is 1. The zero-order valence-corrected chi connectivity index (χ0v) is 16.0. The summed E-state index contributed by atoms with van der Waals surface area (Å²) in [5.74, 6) is -3.78. The van der Waals surface area contributed by atoms with Gasteiger partial charge in [-0.2, -0.15) is 0 Å². The molecule has 28 heavy (non-hydrogen) atoms. The van der Waals surface area contributed by atoms with Crippen LogP contribution >= 0.6 is 11.6 Å². The standard InChI is InChI=1S/C20H18ClFN2O4/c1-24-10-13(11-7-8-14(21)12(9-11)20(27)28-2)17(19(24)26)18(25)23-16-6-4-3-5-15(16)22/h3-9,13,17H,10H2,1-2H3,(H,23,25)/t13-,17+/m1/s1. The van der Waals surface area contributed by atoms with Crippen LogP contribution in [0.2, 0.25) is 5.02 Å². The van der Waals surface area contributed by atoms with Gasteiger partial charge < -0.3 is 15.0 Å². The molecule has 1 heterocycles. The molecule has 0 unspecified atom stereocenters. The molecule has 2 atom stereocenters. The summed E-state index contributed by atoms with van der Waals surface area (Å²) in [4.78, 5) is 38.8. The van der Waals surface area contributed by atoms with E-state index in [0.29, 0.717) is 5.56 Å². The van der Waals surface area contributed by atoms with Gasteiger partial charge in [0.1, 0.15) is 11.7 Å². The van der Waals surface area contributed by atoms with Crippen LogP contribution in [0.15, 0.2) is 42.5 Å². The number of anilines is 1. The molecule has 1 saturated heterocycles. The van der Waals surface area contributed by atoms with Crippen molar-refractivity contribution in [2.24, 2.45) is 5.92 Å². The van der Waals surface area contributed by atoms with Crippen molar-refractivity contribution in [2.45, 2.75) is 5.92 Å². The number of para-hydroxylation sites is 1. The van der Waals surface area contributed by atoms with Crippen molar-refractivity contribution in [3.05, 3.63) is 64.4 Å². The first-order valence-electron chi connectivity index (χ1n) is 8.51. The van der Waals surface area contributed by atoms with Crippen LogP contribution in [0.25, 0.3) is 0 Å². The van der Waals surface area contributed by atoms with Gasteiger partial charge in [0.2, 0.25) is 11.8 Å². The lowest BCUT2D eigenvalue weighted by Crippen LogP contribution is -2.33. The number of likely N-dealkylation sites (tertiary alicyclic amines) is 1. The Morgan fingerprint density at radius 1 is 1.25 bits per heavy atom. The van der Waals surface area contributed by atoms with E-state index in [4.69, 9.17) is 16.3 Å². The van der Waals surface area contributed by atoms with Crippen LogP contribution in [-0.2, 0) is 14.3 Å². The number of benzene rings is 2. The Labute approximate surface area is 166 Å². The molecule has 0 saturated carbocycles. The number of carbonyl (C=O) groups excluding carboxylic acids is 3. The number of hydrogen-bond acceptors (Lipinski definition) is 4. The monoisotopic (exact) mass is 404 g/mol. The van der Waals surface area contributed by atoms with Crippen LogP contribution in [-0.4, -0.2) is 43.4 Å². The molecule has 0 bridgehead atoms. The predicted octanol–water partition coefficient (Wildman–Crippen LogP) is 3.08. The zero-order chi connectivity index (χ0) is 20.4. The van der Waals surface area contributed by atoms with E-state index in [2.05, 4.69) is 5.32 Å². The Morgan fingerprint density at radius 2 is 1.96 bits per heavy atom. The third kappa shape index (κ3) is 3.71. The smallest absolute Gasteiger partial charge is 0.339 e. The molecular weight excluding hydrogens is 387 g/mol. The fourth-order valence-electron chi connectivity index (χ4n) is 3.31. The molecule has 1 N–H and O–H groups in total. The summed E-state index contributed by atoms with van der Waals surface area (Å²) in [6.07, 6.45) is 0. The number of methoxy groups -OCH3 is 1. The van der Waals surface area contributed by atoms with E-state index < -0.39 is 29.5 Å². The number of carbonyl (C=O) groups is 3. The molecule has 1 fully saturated rings. The van der Waals surface area contributed by atoms with Crippen molar-refractivity contribution in [3.63, 3.8) is 0 Å². The highest BCUT2D eigenvalue weighted by Gasteiger charge is 2.44. The van der Waals surface area contributed by atoms with Gasteiger partial charge in [-0.05, 0) is 29.8 Å². The predicted molar refractivity (Wildman–Crippen MR) is 102 cm³/mol. The first kappa shape index (κ1) is 19.8. The van der Waals surface area contributed by atoms with Crippen molar-refractivity contribution in [2.75, 3.05) is 26.0 Å². The first-order valence-corrected chi connectivity index (χ1v) is 8.89. The van der Waals surface area contributed by atoms with E-state index in [-0.39, 0.29) is 28.7 Å². The summed E-state index contributed by atoms with van der Waals surface area (Å²) in [6.45, 7) is 0.274. The minimum absolute atomic E-state index is 0.0000380. The highest BCUT2D eigenvalue weighted by molar-refractivity contribution is 6.33. The lowest BCUT2D eigenvalue weighted by atomic mass is 9.87. The molecule has 2 amide bonds.